The summed E-state index contributed by atoms with van der Waals surface area (Å²) in [6.07, 6.45) is 2.71. The van der Waals surface area contributed by atoms with E-state index in [1.54, 1.807) is 4.90 Å². The van der Waals surface area contributed by atoms with Gasteiger partial charge >= 0.3 is 12.1 Å². The molecule has 8 heteroatoms. The third kappa shape index (κ3) is 3.70. The monoisotopic (exact) mass is 330 g/mol. The van der Waals surface area contributed by atoms with Crippen LogP contribution >= 0.6 is 0 Å². The summed E-state index contributed by atoms with van der Waals surface area (Å²) in [6.45, 7) is 1.26. The SMILES string of the molecule is O=C(O)c1cn(C[C@@H]2CCCN2C(=O)OCc2ccccc2)nn1. The molecule has 1 aliphatic heterocycles. The zero-order valence-corrected chi connectivity index (χ0v) is 13.0. The highest BCUT2D eigenvalue weighted by Gasteiger charge is 2.30. The first-order valence-corrected chi connectivity index (χ1v) is 7.74. The fourth-order valence-corrected chi connectivity index (χ4v) is 2.77. The molecule has 1 aliphatic rings. The summed E-state index contributed by atoms with van der Waals surface area (Å²) in [5.41, 5.74) is 0.829. The van der Waals surface area contributed by atoms with Gasteiger partial charge in [-0.25, -0.2) is 14.3 Å². The number of hydrogen-bond acceptors (Lipinski definition) is 5. The van der Waals surface area contributed by atoms with Crippen LogP contribution in [-0.4, -0.2) is 49.6 Å². The number of carboxylic acid groups (broad SMARTS) is 1. The highest BCUT2D eigenvalue weighted by molar-refractivity contribution is 5.84. The number of aromatic carboxylic acids is 1. The molecule has 3 rings (SSSR count). The van der Waals surface area contributed by atoms with E-state index in [-0.39, 0.29) is 24.4 Å². The summed E-state index contributed by atoms with van der Waals surface area (Å²) < 4.78 is 6.83. The number of carbonyl (C=O) groups is 2. The molecule has 0 spiro atoms. The molecule has 0 bridgehead atoms. The second-order valence-electron chi connectivity index (χ2n) is 5.66. The molecule has 0 radical (unpaired) electrons. The van der Waals surface area contributed by atoms with Crippen molar-refractivity contribution in [2.45, 2.75) is 32.0 Å². The second kappa shape index (κ2) is 7.12. The molecule has 24 heavy (non-hydrogen) atoms. The quantitative estimate of drug-likeness (QED) is 0.897. The van der Waals surface area contributed by atoms with Gasteiger partial charge in [0.1, 0.15) is 6.61 Å². The topological polar surface area (TPSA) is 97.5 Å². The fourth-order valence-electron chi connectivity index (χ4n) is 2.77. The summed E-state index contributed by atoms with van der Waals surface area (Å²) in [6, 6.07) is 9.43. The van der Waals surface area contributed by atoms with Gasteiger partial charge in [0.15, 0.2) is 5.69 Å². The molecule has 0 aliphatic carbocycles. The molecule has 1 aromatic heterocycles. The molecular weight excluding hydrogens is 312 g/mol. The van der Waals surface area contributed by atoms with Crippen molar-refractivity contribution in [3.63, 3.8) is 0 Å². The van der Waals surface area contributed by atoms with Gasteiger partial charge in [0.05, 0.1) is 18.8 Å². The summed E-state index contributed by atoms with van der Waals surface area (Å²) in [5, 5.41) is 16.3. The van der Waals surface area contributed by atoms with Crippen molar-refractivity contribution in [3.05, 3.63) is 47.8 Å². The fraction of sp³-hybridized carbons (Fsp3) is 0.375. The van der Waals surface area contributed by atoms with Gasteiger partial charge in [-0.15, -0.1) is 5.10 Å². The van der Waals surface area contributed by atoms with Gasteiger partial charge in [-0.2, -0.15) is 0 Å². The van der Waals surface area contributed by atoms with E-state index in [0.717, 1.165) is 18.4 Å². The van der Waals surface area contributed by atoms with E-state index in [9.17, 15) is 9.59 Å². The van der Waals surface area contributed by atoms with E-state index >= 15 is 0 Å². The Morgan fingerprint density at radius 1 is 1.29 bits per heavy atom. The van der Waals surface area contributed by atoms with Crippen LogP contribution in [0.2, 0.25) is 0 Å². The van der Waals surface area contributed by atoms with Crippen LogP contribution in [-0.2, 0) is 17.9 Å². The van der Waals surface area contributed by atoms with Crippen LogP contribution in [0.3, 0.4) is 0 Å². The van der Waals surface area contributed by atoms with Gasteiger partial charge < -0.3 is 14.7 Å². The normalized spacial score (nSPS) is 17.0. The Balaban J connectivity index is 1.57. The maximum absolute atomic E-state index is 12.3. The molecule has 1 amide bonds. The Bertz CT molecular complexity index is 716. The van der Waals surface area contributed by atoms with Crippen molar-refractivity contribution in [2.75, 3.05) is 6.54 Å². The third-order valence-electron chi connectivity index (χ3n) is 3.97. The maximum atomic E-state index is 12.3. The Hall–Kier alpha value is -2.90. The molecule has 0 saturated carbocycles. The van der Waals surface area contributed by atoms with Gasteiger partial charge in [-0.3, -0.25) is 0 Å². The van der Waals surface area contributed by atoms with Gasteiger partial charge in [-0.05, 0) is 18.4 Å². The minimum atomic E-state index is -1.12. The molecule has 1 fully saturated rings. The molecule has 2 aromatic rings. The van der Waals surface area contributed by atoms with E-state index in [0.29, 0.717) is 13.1 Å². The number of rotatable bonds is 5. The lowest BCUT2D eigenvalue weighted by Gasteiger charge is -2.23. The lowest BCUT2D eigenvalue weighted by Crippen LogP contribution is -2.38. The molecule has 1 aromatic carbocycles. The zero-order chi connectivity index (χ0) is 16.9. The average Bonchev–Trinajstić information content (AvgIpc) is 3.23. The molecule has 2 heterocycles. The number of hydrogen-bond donors (Lipinski definition) is 1. The number of benzene rings is 1. The van der Waals surface area contributed by atoms with Crippen LogP contribution < -0.4 is 0 Å². The van der Waals surface area contributed by atoms with Crippen molar-refractivity contribution >= 4 is 12.1 Å². The summed E-state index contributed by atoms with van der Waals surface area (Å²) in [7, 11) is 0. The first kappa shape index (κ1) is 16.0. The predicted molar refractivity (Wildman–Crippen MR) is 83.3 cm³/mol. The number of ether oxygens (including phenoxy) is 1. The largest absolute Gasteiger partial charge is 0.476 e. The molecule has 1 saturated heterocycles. The summed E-state index contributed by atoms with van der Waals surface area (Å²) >= 11 is 0. The molecule has 8 nitrogen and oxygen atoms in total. The van der Waals surface area contributed by atoms with Gasteiger partial charge in [0.25, 0.3) is 0 Å². The van der Waals surface area contributed by atoms with E-state index in [4.69, 9.17) is 9.84 Å². The summed E-state index contributed by atoms with van der Waals surface area (Å²) in [5.74, 6) is -1.12. The lowest BCUT2D eigenvalue weighted by atomic mass is 10.2. The van der Waals surface area contributed by atoms with Gasteiger partial charge in [0.2, 0.25) is 0 Å². The van der Waals surface area contributed by atoms with Crippen molar-refractivity contribution in [3.8, 4) is 0 Å². The Kier molecular flexibility index (Phi) is 4.74. The van der Waals surface area contributed by atoms with Crippen molar-refractivity contribution in [1.29, 1.82) is 0 Å². The maximum Gasteiger partial charge on any atom is 0.410 e. The molecule has 126 valence electrons. The van der Waals surface area contributed by atoms with Crippen molar-refractivity contribution in [1.82, 2.24) is 19.9 Å². The third-order valence-corrected chi connectivity index (χ3v) is 3.97. The minimum absolute atomic E-state index is 0.0726. The average molecular weight is 330 g/mol. The van der Waals surface area contributed by atoms with E-state index in [1.807, 2.05) is 30.3 Å². The second-order valence-corrected chi connectivity index (χ2v) is 5.66. The number of carbonyl (C=O) groups excluding carboxylic acids is 1. The Morgan fingerprint density at radius 3 is 2.79 bits per heavy atom. The number of aromatic nitrogens is 3. The lowest BCUT2D eigenvalue weighted by molar-refractivity contribution is 0.0689. The number of carboxylic acids is 1. The molecule has 0 unspecified atom stereocenters. The standard InChI is InChI=1S/C16H18N4O4/c21-15(22)14-10-19(18-17-14)9-13-7-4-8-20(13)16(23)24-11-12-5-2-1-3-6-12/h1-3,5-6,10,13H,4,7-9,11H2,(H,21,22)/t13-/m0/s1. The first-order chi connectivity index (χ1) is 11.6. The highest BCUT2D eigenvalue weighted by atomic mass is 16.6. The summed E-state index contributed by atoms with van der Waals surface area (Å²) in [4.78, 5) is 24.8. The number of nitrogens with zero attached hydrogens (tertiary/aromatic N) is 4. The Labute approximate surface area is 138 Å². The van der Waals surface area contributed by atoms with Gasteiger partial charge in [-0.1, -0.05) is 35.5 Å². The smallest absolute Gasteiger partial charge is 0.410 e. The van der Waals surface area contributed by atoms with Crippen LogP contribution in [0.4, 0.5) is 4.79 Å². The molecular formula is C16H18N4O4. The number of amides is 1. The zero-order valence-electron chi connectivity index (χ0n) is 13.0. The van der Waals surface area contributed by atoms with Crippen LogP contribution in [0, 0.1) is 0 Å². The van der Waals surface area contributed by atoms with Crippen LogP contribution in [0.25, 0.3) is 0 Å². The van der Waals surface area contributed by atoms with Crippen LogP contribution in [0.1, 0.15) is 28.9 Å². The van der Waals surface area contributed by atoms with E-state index < -0.39 is 5.97 Å². The number of likely N-dealkylation sites (tertiary alicyclic amines) is 1. The van der Waals surface area contributed by atoms with Crippen molar-refractivity contribution < 1.29 is 19.4 Å². The Morgan fingerprint density at radius 2 is 2.08 bits per heavy atom. The highest BCUT2D eigenvalue weighted by Crippen LogP contribution is 2.20. The van der Waals surface area contributed by atoms with Crippen molar-refractivity contribution in [2.24, 2.45) is 0 Å². The first-order valence-electron chi connectivity index (χ1n) is 7.74. The van der Waals surface area contributed by atoms with Crippen LogP contribution in [0.15, 0.2) is 36.5 Å². The van der Waals surface area contributed by atoms with E-state index in [1.165, 1.54) is 10.9 Å². The predicted octanol–water partition coefficient (Wildman–Crippen LogP) is 1.78. The molecule has 1 atom stereocenters. The molecule has 1 N–H and O–H groups in total. The van der Waals surface area contributed by atoms with Gasteiger partial charge in [0, 0.05) is 6.54 Å². The van der Waals surface area contributed by atoms with E-state index in [2.05, 4.69) is 10.3 Å². The van der Waals surface area contributed by atoms with Crippen LogP contribution in [0.5, 0.6) is 0 Å². The minimum Gasteiger partial charge on any atom is -0.476 e.